The van der Waals surface area contributed by atoms with Crippen LogP contribution in [0, 0.1) is 0 Å². The Morgan fingerprint density at radius 2 is 1.95 bits per heavy atom. The van der Waals surface area contributed by atoms with E-state index in [1.54, 1.807) is 6.07 Å². The minimum absolute atomic E-state index is 0.397. The fourth-order valence-corrected chi connectivity index (χ4v) is 2.66. The van der Waals surface area contributed by atoms with Gasteiger partial charge in [-0.1, -0.05) is 18.2 Å². The molecule has 0 radical (unpaired) electrons. The van der Waals surface area contributed by atoms with Crippen LogP contribution in [-0.2, 0) is 12.8 Å². The predicted molar refractivity (Wildman–Crippen MR) is 80.6 cm³/mol. The number of hydrogen-bond donors (Lipinski definition) is 2. The Kier molecular flexibility index (Phi) is 3.77. The smallest absolute Gasteiger partial charge is 0.123 e. The summed E-state index contributed by atoms with van der Waals surface area (Å²) in [6.07, 6.45) is 2.77. The number of hydrogen-bond acceptors (Lipinski definition) is 3. The first-order chi connectivity index (χ1) is 9.84. The zero-order valence-corrected chi connectivity index (χ0v) is 11.4. The topological polar surface area (TPSA) is 41.5 Å². The molecule has 0 fully saturated rings. The Morgan fingerprint density at radius 3 is 2.80 bits per heavy atom. The molecule has 0 unspecified atom stereocenters. The minimum atomic E-state index is 0.397. The van der Waals surface area contributed by atoms with Gasteiger partial charge >= 0.3 is 0 Å². The fraction of sp³-hybridized carbons (Fsp3) is 0.294. The second-order valence-electron chi connectivity index (χ2n) is 5.03. The van der Waals surface area contributed by atoms with Crippen molar-refractivity contribution in [2.45, 2.75) is 19.3 Å². The molecule has 0 amide bonds. The molecule has 0 aromatic heterocycles. The molecule has 1 heterocycles. The summed E-state index contributed by atoms with van der Waals surface area (Å²) in [4.78, 5) is 0. The van der Waals surface area contributed by atoms with Crippen LogP contribution in [-0.4, -0.2) is 18.3 Å². The number of phenols is 1. The first kappa shape index (κ1) is 12.9. The van der Waals surface area contributed by atoms with Gasteiger partial charge in [0, 0.05) is 29.8 Å². The lowest BCUT2D eigenvalue weighted by atomic mass is 9.99. The molecular weight excluding hydrogens is 250 g/mol. The third-order valence-corrected chi connectivity index (χ3v) is 3.68. The average molecular weight is 269 g/mol. The molecule has 0 bridgehead atoms. The summed E-state index contributed by atoms with van der Waals surface area (Å²) in [5.74, 6) is 1.34. The minimum Gasteiger partial charge on any atom is -0.508 e. The summed E-state index contributed by atoms with van der Waals surface area (Å²) in [6.45, 7) is 1.63. The molecule has 0 aliphatic carbocycles. The van der Waals surface area contributed by atoms with Crippen LogP contribution in [0.2, 0.25) is 0 Å². The highest BCUT2D eigenvalue weighted by Crippen LogP contribution is 2.34. The van der Waals surface area contributed by atoms with Crippen LogP contribution >= 0.6 is 0 Å². The van der Waals surface area contributed by atoms with Crippen molar-refractivity contribution in [1.29, 1.82) is 0 Å². The number of ether oxygens (including phenoxy) is 1. The molecule has 0 atom stereocenters. The van der Waals surface area contributed by atoms with Gasteiger partial charge in [-0.3, -0.25) is 0 Å². The molecule has 3 nitrogen and oxygen atoms in total. The average Bonchev–Trinajstić information content (AvgIpc) is 2.95. The van der Waals surface area contributed by atoms with Crippen LogP contribution in [0.5, 0.6) is 11.5 Å². The van der Waals surface area contributed by atoms with E-state index < -0.39 is 0 Å². The zero-order chi connectivity index (χ0) is 13.8. The van der Waals surface area contributed by atoms with Crippen molar-refractivity contribution >= 4 is 5.69 Å². The highest BCUT2D eigenvalue weighted by atomic mass is 16.5. The molecule has 3 rings (SSSR count). The Morgan fingerprint density at radius 1 is 1.10 bits per heavy atom. The first-order valence-electron chi connectivity index (χ1n) is 7.10. The SMILES string of the molecule is Oc1ccc2c(c1CCCNc1ccccc1)CCO2. The van der Waals surface area contributed by atoms with E-state index in [9.17, 15) is 5.11 Å². The van der Waals surface area contributed by atoms with Crippen molar-refractivity contribution in [1.82, 2.24) is 0 Å². The molecule has 1 aliphatic rings. The lowest BCUT2D eigenvalue weighted by Crippen LogP contribution is -2.03. The molecule has 0 saturated carbocycles. The van der Waals surface area contributed by atoms with E-state index in [0.29, 0.717) is 5.75 Å². The summed E-state index contributed by atoms with van der Waals surface area (Å²) in [7, 11) is 0. The lowest BCUT2D eigenvalue weighted by Gasteiger charge is -2.10. The summed E-state index contributed by atoms with van der Waals surface area (Å²) < 4.78 is 5.54. The molecule has 2 N–H and O–H groups in total. The van der Waals surface area contributed by atoms with Gasteiger partial charge in [0.2, 0.25) is 0 Å². The zero-order valence-electron chi connectivity index (χ0n) is 11.4. The number of aromatic hydroxyl groups is 1. The molecule has 0 saturated heterocycles. The second-order valence-corrected chi connectivity index (χ2v) is 5.03. The van der Waals surface area contributed by atoms with Gasteiger partial charge in [0.15, 0.2) is 0 Å². The normalized spacial score (nSPS) is 12.8. The Labute approximate surface area is 119 Å². The van der Waals surface area contributed by atoms with Gasteiger partial charge in [0.1, 0.15) is 11.5 Å². The van der Waals surface area contributed by atoms with Crippen LogP contribution in [0.1, 0.15) is 17.5 Å². The third kappa shape index (κ3) is 2.72. The van der Waals surface area contributed by atoms with E-state index >= 15 is 0 Å². The molecule has 2 aromatic rings. The standard InChI is InChI=1S/C17H19NO2/c19-16-8-9-17-15(10-12-20-17)14(16)7-4-11-18-13-5-2-1-3-6-13/h1-3,5-6,8-9,18-19H,4,7,10-12H2. The van der Waals surface area contributed by atoms with E-state index in [0.717, 1.165) is 49.4 Å². The summed E-state index contributed by atoms with van der Waals surface area (Å²) in [5, 5.41) is 13.4. The maximum atomic E-state index is 10.0. The van der Waals surface area contributed by atoms with Gasteiger partial charge in [-0.15, -0.1) is 0 Å². The van der Waals surface area contributed by atoms with Gasteiger partial charge in [-0.05, 0) is 37.1 Å². The molecule has 104 valence electrons. The summed E-state index contributed by atoms with van der Waals surface area (Å²) >= 11 is 0. The van der Waals surface area contributed by atoms with E-state index in [4.69, 9.17) is 4.74 Å². The highest BCUT2D eigenvalue weighted by Gasteiger charge is 2.18. The fourth-order valence-electron chi connectivity index (χ4n) is 2.66. The Bertz CT molecular complexity index is 581. The van der Waals surface area contributed by atoms with Crippen LogP contribution < -0.4 is 10.1 Å². The van der Waals surface area contributed by atoms with E-state index in [1.807, 2.05) is 24.3 Å². The Balaban J connectivity index is 1.58. The van der Waals surface area contributed by atoms with E-state index in [1.165, 1.54) is 5.56 Å². The maximum Gasteiger partial charge on any atom is 0.123 e. The number of phenolic OH excluding ortho intramolecular Hbond substituents is 1. The third-order valence-electron chi connectivity index (χ3n) is 3.68. The van der Waals surface area contributed by atoms with Crippen molar-refractivity contribution in [3.63, 3.8) is 0 Å². The largest absolute Gasteiger partial charge is 0.508 e. The summed E-state index contributed by atoms with van der Waals surface area (Å²) in [5.41, 5.74) is 3.37. The van der Waals surface area contributed by atoms with Crippen molar-refractivity contribution in [2.24, 2.45) is 0 Å². The van der Waals surface area contributed by atoms with Gasteiger partial charge in [-0.25, -0.2) is 0 Å². The number of fused-ring (bicyclic) bond motifs is 1. The summed E-state index contributed by atoms with van der Waals surface area (Å²) in [6, 6.07) is 13.8. The maximum absolute atomic E-state index is 10.0. The van der Waals surface area contributed by atoms with Crippen molar-refractivity contribution < 1.29 is 9.84 Å². The van der Waals surface area contributed by atoms with Gasteiger partial charge in [0.05, 0.1) is 6.61 Å². The van der Waals surface area contributed by atoms with Gasteiger partial charge < -0.3 is 15.2 Å². The number of rotatable bonds is 5. The molecule has 0 spiro atoms. The second kappa shape index (κ2) is 5.87. The Hall–Kier alpha value is -2.16. The molecule has 3 heteroatoms. The molecule has 1 aliphatic heterocycles. The quantitative estimate of drug-likeness (QED) is 0.818. The van der Waals surface area contributed by atoms with Crippen LogP contribution in [0.3, 0.4) is 0 Å². The number of benzene rings is 2. The van der Waals surface area contributed by atoms with E-state index in [2.05, 4.69) is 17.4 Å². The molecule has 20 heavy (non-hydrogen) atoms. The van der Waals surface area contributed by atoms with Crippen molar-refractivity contribution in [2.75, 3.05) is 18.5 Å². The van der Waals surface area contributed by atoms with Crippen molar-refractivity contribution in [3.8, 4) is 11.5 Å². The predicted octanol–water partition coefficient (Wildman–Crippen LogP) is 3.37. The monoisotopic (exact) mass is 269 g/mol. The first-order valence-corrected chi connectivity index (χ1v) is 7.10. The van der Waals surface area contributed by atoms with Crippen LogP contribution in [0.4, 0.5) is 5.69 Å². The van der Waals surface area contributed by atoms with Crippen LogP contribution in [0.25, 0.3) is 0 Å². The van der Waals surface area contributed by atoms with Crippen LogP contribution in [0.15, 0.2) is 42.5 Å². The number of nitrogens with one attached hydrogen (secondary N) is 1. The van der Waals surface area contributed by atoms with Gasteiger partial charge in [0.25, 0.3) is 0 Å². The van der Waals surface area contributed by atoms with E-state index in [-0.39, 0.29) is 0 Å². The number of para-hydroxylation sites is 1. The molecular formula is C17H19NO2. The van der Waals surface area contributed by atoms with Crippen molar-refractivity contribution in [3.05, 3.63) is 53.6 Å². The van der Waals surface area contributed by atoms with Gasteiger partial charge in [-0.2, -0.15) is 0 Å². The highest BCUT2D eigenvalue weighted by molar-refractivity contribution is 5.50. The number of anilines is 1. The lowest BCUT2D eigenvalue weighted by molar-refractivity contribution is 0.356. The molecule has 2 aromatic carbocycles.